The van der Waals surface area contributed by atoms with Gasteiger partial charge in [0.05, 0.1) is 32.1 Å². The lowest BCUT2D eigenvalue weighted by Crippen LogP contribution is -2.50. The molecule has 0 heterocycles. The largest absolute Gasteiger partial charge is 0.436 e. The van der Waals surface area contributed by atoms with Crippen LogP contribution in [0.15, 0.2) is 24.3 Å². The van der Waals surface area contributed by atoms with Gasteiger partial charge in [0, 0.05) is 10.7 Å². The first-order chi connectivity index (χ1) is 16.0. The molecule has 0 fully saturated rings. The maximum atomic E-state index is 11.2. The maximum absolute atomic E-state index is 11.2. The van der Waals surface area contributed by atoms with E-state index in [1.165, 1.54) is 82.0 Å². The SMILES string of the molecule is CCCC[N+](CCCC)(CCCC)CCCC.O=C(Nc1cccc(Cl)c1)OCC#CCCl. The molecule has 0 aliphatic heterocycles. The summed E-state index contributed by atoms with van der Waals surface area (Å²) in [6.07, 6.45) is 10.5. The quantitative estimate of drug-likeness (QED) is 0.159. The summed E-state index contributed by atoms with van der Waals surface area (Å²) < 4.78 is 6.18. The predicted molar refractivity (Wildman–Crippen MR) is 144 cm³/mol. The van der Waals surface area contributed by atoms with Crippen molar-refractivity contribution in [2.24, 2.45) is 0 Å². The molecular formula is C27H45Cl2N2O2+. The molecule has 1 aromatic carbocycles. The van der Waals surface area contributed by atoms with E-state index >= 15 is 0 Å². The highest BCUT2D eigenvalue weighted by molar-refractivity contribution is 6.30. The minimum Gasteiger partial charge on any atom is -0.436 e. The highest BCUT2D eigenvalue weighted by Gasteiger charge is 2.24. The van der Waals surface area contributed by atoms with Crippen LogP contribution in [0.4, 0.5) is 10.5 Å². The first-order valence-corrected chi connectivity index (χ1v) is 13.4. The fraction of sp³-hybridized carbons (Fsp3) is 0.667. The number of nitrogens with zero attached hydrogens (tertiary/aromatic N) is 1. The van der Waals surface area contributed by atoms with E-state index in [-0.39, 0.29) is 12.5 Å². The molecular weight excluding hydrogens is 455 g/mol. The van der Waals surface area contributed by atoms with Gasteiger partial charge in [-0.2, -0.15) is 0 Å². The average molecular weight is 501 g/mol. The zero-order valence-corrected chi connectivity index (χ0v) is 22.7. The summed E-state index contributed by atoms with van der Waals surface area (Å²) in [5.74, 6) is 5.36. The van der Waals surface area contributed by atoms with Crippen molar-refractivity contribution in [1.82, 2.24) is 0 Å². The standard InChI is InChI=1S/C16H36N.C11H9Cl2NO2/c1-5-9-13-17(14-10-6-2,15-11-7-3)16-12-8-4;12-6-1-2-7-16-11(15)14-10-5-3-4-9(13)8-10/h5-16H2,1-4H3;3-5,8H,6-7H2,(H,14,15)/q+1;. The summed E-state index contributed by atoms with van der Waals surface area (Å²) in [7, 11) is 0. The van der Waals surface area contributed by atoms with E-state index in [2.05, 4.69) is 44.9 Å². The van der Waals surface area contributed by atoms with E-state index in [1.807, 2.05) is 0 Å². The molecule has 0 aliphatic carbocycles. The first-order valence-electron chi connectivity index (χ1n) is 12.5. The van der Waals surface area contributed by atoms with Crippen LogP contribution in [-0.2, 0) is 4.74 Å². The van der Waals surface area contributed by atoms with Crippen molar-refractivity contribution in [1.29, 1.82) is 0 Å². The van der Waals surface area contributed by atoms with Gasteiger partial charge in [-0.1, -0.05) is 82.9 Å². The molecule has 1 aromatic rings. The molecule has 1 rings (SSSR count). The van der Waals surface area contributed by atoms with Crippen molar-refractivity contribution in [3.8, 4) is 11.8 Å². The number of benzene rings is 1. The Morgan fingerprint density at radius 1 is 0.909 bits per heavy atom. The van der Waals surface area contributed by atoms with E-state index in [0.717, 1.165) is 0 Å². The third-order valence-electron chi connectivity index (χ3n) is 5.48. The van der Waals surface area contributed by atoms with Crippen LogP contribution in [0.5, 0.6) is 0 Å². The first kappa shape index (κ1) is 31.6. The summed E-state index contributed by atoms with van der Waals surface area (Å²) in [6.45, 7) is 15.0. The molecule has 0 saturated heterocycles. The van der Waals surface area contributed by atoms with E-state index < -0.39 is 6.09 Å². The van der Waals surface area contributed by atoms with Crippen LogP contribution in [0, 0.1) is 11.8 Å². The number of carbonyl (C=O) groups excluding carboxylic acids is 1. The second kappa shape index (κ2) is 21.1. The molecule has 0 spiro atoms. The van der Waals surface area contributed by atoms with Gasteiger partial charge in [0.25, 0.3) is 0 Å². The second-order valence-electron chi connectivity index (χ2n) is 8.35. The lowest BCUT2D eigenvalue weighted by molar-refractivity contribution is -0.929. The fourth-order valence-electron chi connectivity index (χ4n) is 3.56. The molecule has 33 heavy (non-hydrogen) atoms. The molecule has 188 valence electrons. The minimum absolute atomic E-state index is 0.0130. The molecule has 1 N–H and O–H groups in total. The van der Waals surface area contributed by atoms with Crippen LogP contribution in [0.3, 0.4) is 0 Å². The third-order valence-corrected chi connectivity index (χ3v) is 5.85. The van der Waals surface area contributed by atoms with Gasteiger partial charge in [0.15, 0.2) is 6.61 Å². The van der Waals surface area contributed by atoms with Crippen LogP contribution in [0.25, 0.3) is 0 Å². The summed E-state index contributed by atoms with van der Waals surface area (Å²) in [5.41, 5.74) is 0.572. The van der Waals surface area contributed by atoms with Gasteiger partial charge in [0.2, 0.25) is 0 Å². The number of amides is 1. The smallest absolute Gasteiger partial charge is 0.412 e. The molecule has 1 amide bonds. The number of nitrogens with one attached hydrogen (secondary N) is 1. The Labute approximate surface area is 213 Å². The summed E-state index contributed by atoms with van der Waals surface area (Å²) in [5, 5.41) is 3.05. The van der Waals surface area contributed by atoms with Gasteiger partial charge in [-0.15, -0.1) is 11.6 Å². The zero-order valence-electron chi connectivity index (χ0n) is 21.2. The van der Waals surface area contributed by atoms with Crippen molar-refractivity contribution < 1.29 is 14.0 Å². The molecule has 4 nitrogen and oxygen atoms in total. The summed E-state index contributed by atoms with van der Waals surface area (Å²) >= 11 is 11.1. The van der Waals surface area contributed by atoms with Crippen molar-refractivity contribution in [3.05, 3.63) is 29.3 Å². The number of alkyl halides is 1. The van der Waals surface area contributed by atoms with Crippen LogP contribution < -0.4 is 5.32 Å². The normalized spacial score (nSPS) is 10.5. The van der Waals surface area contributed by atoms with Gasteiger partial charge in [-0.05, 0) is 43.9 Å². The number of rotatable bonds is 14. The van der Waals surface area contributed by atoms with E-state index in [1.54, 1.807) is 24.3 Å². The fourth-order valence-corrected chi connectivity index (χ4v) is 3.85. The summed E-state index contributed by atoms with van der Waals surface area (Å²) in [6, 6.07) is 6.76. The van der Waals surface area contributed by atoms with Gasteiger partial charge in [-0.3, -0.25) is 5.32 Å². The second-order valence-corrected chi connectivity index (χ2v) is 9.05. The number of ether oxygens (including phenoxy) is 1. The van der Waals surface area contributed by atoms with E-state index in [9.17, 15) is 4.79 Å². The van der Waals surface area contributed by atoms with Crippen LogP contribution >= 0.6 is 23.2 Å². The average Bonchev–Trinajstić information content (AvgIpc) is 2.81. The zero-order chi connectivity index (χ0) is 24.8. The number of hydrogen-bond acceptors (Lipinski definition) is 2. The van der Waals surface area contributed by atoms with Crippen LogP contribution in [0.1, 0.15) is 79.1 Å². The molecule has 0 saturated carbocycles. The van der Waals surface area contributed by atoms with Gasteiger partial charge >= 0.3 is 6.09 Å². The Morgan fingerprint density at radius 3 is 1.85 bits per heavy atom. The number of anilines is 1. The topological polar surface area (TPSA) is 38.3 Å². The van der Waals surface area contributed by atoms with Crippen molar-refractivity contribution in [2.75, 3.05) is 44.0 Å². The number of quaternary nitrogens is 1. The molecule has 0 radical (unpaired) electrons. The van der Waals surface area contributed by atoms with Gasteiger partial charge in [0.1, 0.15) is 0 Å². The van der Waals surface area contributed by atoms with Crippen LogP contribution in [0.2, 0.25) is 5.02 Å². The third kappa shape index (κ3) is 16.8. The lowest BCUT2D eigenvalue weighted by atomic mass is 10.1. The number of unbranched alkanes of at least 4 members (excludes halogenated alkanes) is 4. The van der Waals surface area contributed by atoms with E-state index in [4.69, 9.17) is 27.9 Å². The molecule has 0 bridgehead atoms. The van der Waals surface area contributed by atoms with Gasteiger partial charge < -0.3 is 9.22 Å². The molecule has 6 heteroatoms. The van der Waals surface area contributed by atoms with Crippen LogP contribution in [-0.4, -0.2) is 49.2 Å². The highest BCUT2D eigenvalue weighted by Crippen LogP contribution is 2.17. The molecule has 0 aromatic heterocycles. The summed E-state index contributed by atoms with van der Waals surface area (Å²) in [4.78, 5) is 11.2. The molecule has 0 aliphatic rings. The predicted octanol–water partition coefficient (Wildman–Crippen LogP) is 8.13. The number of halogens is 2. The number of hydrogen-bond donors (Lipinski definition) is 1. The lowest BCUT2D eigenvalue weighted by Gasteiger charge is -2.39. The Morgan fingerprint density at radius 2 is 1.42 bits per heavy atom. The Bertz CT molecular complexity index is 649. The van der Waals surface area contributed by atoms with Gasteiger partial charge in [-0.25, -0.2) is 4.79 Å². The minimum atomic E-state index is -0.578. The maximum Gasteiger partial charge on any atom is 0.412 e. The Balaban J connectivity index is 0.000000621. The van der Waals surface area contributed by atoms with Crippen molar-refractivity contribution >= 4 is 35.0 Å². The number of carbonyl (C=O) groups is 1. The highest BCUT2D eigenvalue weighted by atomic mass is 35.5. The van der Waals surface area contributed by atoms with E-state index in [0.29, 0.717) is 10.7 Å². The van der Waals surface area contributed by atoms with Crippen molar-refractivity contribution in [3.63, 3.8) is 0 Å². The molecule has 0 unspecified atom stereocenters. The Kier molecular flexibility index (Phi) is 20.2. The Hall–Kier alpha value is -1.41. The monoisotopic (exact) mass is 499 g/mol. The molecule has 0 atom stereocenters. The van der Waals surface area contributed by atoms with Crippen molar-refractivity contribution in [2.45, 2.75) is 79.1 Å².